The Morgan fingerprint density at radius 1 is 0.717 bits per heavy atom. The summed E-state index contributed by atoms with van der Waals surface area (Å²) in [7, 11) is 1.52. The number of unbranched alkanes of at least 4 members (excludes halogenated alkanes) is 1. The van der Waals surface area contributed by atoms with Gasteiger partial charge in [0.15, 0.2) is 12.6 Å². The number of aliphatic hydroxyl groups is 6. The zero-order chi connectivity index (χ0) is 34.2. The minimum Gasteiger partial charge on any atom is -0.388 e. The van der Waals surface area contributed by atoms with Crippen LogP contribution in [0.25, 0.3) is 0 Å². The summed E-state index contributed by atoms with van der Waals surface area (Å²) >= 11 is 0. The van der Waals surface area contributed by atoms with Crippen molar-refractivity contribution in [2.45, 2.75) is 101 Å². The number of amides is 4. The Hall–Kier alpha value is -2.52. The van der Waals surface area contributed by atoms with Crippen molar-refractivity contribution in [1.82, 2.24) is 20.9 Å². The highest BCUT2D eigenvalue weighted by molar-refractivity contribution is 5.80. The molecule has 0 aromatic carbocycles. The second-order valence-electron chi connectivity index (χ2n) is 11.1. The summed E-state index contributed by atoms with van der Waals surface area (Å²) in [6.45, 7) is 1.32. The normalized spacial score (nSPS) is 29.5. The van der Waals surface area contributed by atoms with E-state index in [1.54, 1.807) is 0 Å². The Kier molecular flexibility index (Phi) is 17.8. The molecule has 18 heteroatoms. The van der Waals surface area contributed by atoms with Gasteiger partial charge in [0, 0.05) is 58.9 Å². The van der Waals surface area contributed by atoms with E-state index >= 15 is 0 Å². The van der Waals surface area contributed by atoms with Crippen LogP contribution >= 0.6 is 0 Å². The summed E-state index contributed by atoms with van der Waals surface area (Å²) in [5.74, 6) is -1.23. The van der Waals surface area contributed by atoms with Crippen LogP contribution in [0.3, 0.4) is 0 Å². The third-order valence-corrected chi connectivity index (χ3v) is 7.57. The molecule has 0 saturated carbocycles. The fourth-order valence-corrected chi connectivity index (χ4v) is 4.66. The Bertz CT molecular complexity index is 961. The molecule has 0 aromatic rings. The molecule has 0 bridgehead atoms. The minimum absolute atomic E-state index is 0.0223. The molecule has 2 aliphatic rings. The van der Waals surface area contributed by atoms with Gasteiger partial charge in [-0.05, 0) is 19.8 Å². The van der Waals surface area contributed by atoms with Gasteiger partial charge in [0.25, 0.3) is 0 Å². The predicted octanol–water partition coefficient (Wildman–Crippen LogP) is -4.57. The van der Waals surface area contributed by atoms with Crippen LogP contribution in [0.2, 0.25) is 0 Å². The number of aliphatic hydroxyl groups excluding tert-OH is 6. The second-order valence-corrected chi connectivity index (χ2v) is 11.1. The Labute approximate surface area is 267 Å². The van der Waals surface area contributed by atoms with Gasteiger partial charge in [0.1, 0.15) is 36.6 Å². The number of hydrogen-bond donors (Lipinski definition) is 9. The molecule has 4 amide bonds. The van der Waals surface area contributed by atoms with Crippen molar-refractivity contribution >= 4 is 23.6 Å². The van der Waals surface area contributed by atoms with Crippen molar-refractivity contribution in [1.29, 1.82) is 0 Å². The molecule has 46 heavy (non-hydrogen) atoms. The number of rotatable bonds is 19. The zero-order valence-corrected chi connectivity index (χ0v) is 26.3. The Morgan fingerprint density at radius 2 is 1.26 bits per heavy atom. The number of nitrogens with one attached hydrogen (secondary N) is 3. The van der Waals surface area contributed by atoms with E-state index in [4.69, 9.17) is 18.9 Å². The highest BCUT2D eigenvalue weighted by Gasteiger charge is 2.42. The quantitative estimate of drug-likeness (QED) is 0.0588. The van der Waals surface area contributed by atoms with Gasteiger partial charge in [-0.25, -0.2) is 0 Å². The van der Waals surface area contributed by atoms with Crippen molar-refractivity contribution in [3.63, 3.8) is 0 Å². The molecule has 0 radical (unpaired) electrons. The van der Waals surface area contributed by atoms with Gasteiger partial charge >= 0.3 is 0 Å². The van der Waals surface area contributed by atoms with Crippen LogP contribution in [0.15, 0.2) is 0 Å². The number of ether oxygens (including phenoxy) is 4. The first-order chi connectivity index (χ1) is 21.8. The molecule has 0 aliphatic carbocycles. The molecule has 2 heterocycles. The van der Waals surface area contributed by atoms with E-state index in [9.17, 15) is 49.8 Å². The van der Waals surface area contributed by atoms with E-state index in [0.717, 1.165) is 0 Å². The number of nitrogens with zero attached hydrogens (tertiary/aromatic N) is 1. The maximum absolute atomic E-state index is 12.9. The van der Waals surface area contributed by atoms with Crippen molar-refractivity contribution in [2.24, 2.45) is 0 Å². The average Bonchev–Trinajstić information content (AvgIpc) is 3.04. The fraction of sp³-hybridized carbons (Fsp3) is 0.857. The fourth-order valence-electron chi connectivity index (χ4n) is 4.66. The molecule has 0 unspecified atom stereocenters. The van der Waals surface area contributed by atoms with E-state index < -0.39 is 67.1 Å². The molecule has 2 fully saturated rings. The SMILES string of the molecule is CNC(=O)CCCCC(=O)N(CCC(=O)NCCO[C@@H]1O[C@@H](C)[C@@H](O)[C@@H](O)[C@@H]1O)CCC(=O)NCCO[C@@H]1OC[C@@H](O)[C@@H](O)[C@@H]1O. The molecule has 2 saturated heterocycles. The van der Waals surface area contributed by atoms with Gasteiger partial charge in [-0.2, -0.15) is 0 Å². The maximum Gasteiger partial charge on any atom is 0.222 e. The Balaban J connectivity index is 1.75. The molecule has 0 aromatic heterocycles. The van der Waals surface area contributed by atoms with Crippen molar-refractivity contribution in [2.75, 3.05) is 53.0 Å². The zero-order valence-electron chi connectivity index (χ0n) is 26.3. The van der Waals surface area contributed by atoms with Crippen LogP contribution in [-0.2, 0) is 38.1 Å². The van der Waals surface area contributed by atoms with Crippen LogP contribution in [0.5, 0.6) is 0 Å². The van der Waals surface area contributed by atoms with Crippen molar-refractivity contribution < 1.29 is 68.8 Å². The van der Waals surface area contributed by atoms with Gasteiger partial charge in [-0.15, -0.1) is 0 Å². The van der Waals surface area contributed by atoms with Crippen LogP contribution < -0.4 is 16.0 Å². The standard InChI is InChI=1S/C28H50N4O14/c1-16-22(38)24(40)26(42)28(46-16)44-14-10-31-20(36)8-12-32(21(37)6-4-3-5-18(34)29-2)11-7-19(35)30-9-13-43-27-25(41)23(39)17(33)15-45-27/h16-17,22-28,33,38-42H,3-15H2,1-2H3,(H,29,34)(H,30,35)(H,31,36)/t16-,17+,22+,23+,24+,25-,26-,27+,28+/m0/s1. The Morgan fingerprint density at radius 3 is 1.85 bits per heavy atom. The van der Waals surface area contributed by atoms with E-state index in [1.807, 2.05) is 0 Å². The first-order valence-corrected chi connectivity index (χ1v) is 15.5. The molecular formula is C28H50N4O14. The lowest BCUT2D eigenvalue weighted by Gasteiger charge is -2.38. The predicted molar refractivity (Wildman–Crippen MR) is 156 cm³/mol. The van der Waals surface area contributed by atoms with Crippen LogP contribution in [0.4, 0.5) is 0 Å². The lowest BCUT2D eigenvalue weighted by Crippen LogP contribution is -2.57. The van der Waals surface area contributed by atoms with Gasteiger partial charge in [0.05, 0.1) is 25.9 Å². The third-order valence-electron chi connectivity index (χ3n) is 7.57. The molecule has 0 spiro atoms. The first-order valence-electron chi connectivity index (χ1n) is 15.5. The van der Waals surface area contributed by atoms with Crippen molar-refractivity contribution in [3.8, 4) is 0 Å². The van der Waals surface area contributed by atoms with Crippen LogP contribution in [-0.4, -0.2) is 168 Å². The monoisotopic (exact) mass is 666 g/mol. The summed E-state index contributed by atoms with van der Waals surface area (Å²) in [6, 6.07) is 0. The van der Waals surface area contributed by atoms with E-state index in [1.165, 1.54) is 18.9 Å². The second kappa shape index (κ2) is 20.7. The van der Waals surface area contributed by atoms with E-state index in [0.29, 0.717) is 12.8 Å². The smallest absolute Gasteiger partial charge is 0.222 e. The third kappa shape index (κ3) is 13.3. The summed E-state index contributed by atoms with van der Waals surface area (Å²) < 4.78 is 21.2. The summed E-state index contributed by atoms with van der Waals surface area (Å²) in [5.41, 5.74) is 0. The largest absolute Gasteiger partial charge is 0.388 e. The number of carbonyl (C=O) groups is 4. The molecule has 2 rings (SSSR count). The summed E-state index contributed by atoms with van der Waals surface area (Å²) in [6.07, 6.45) is -10.2. The average molecular weight is 667 g/mol. The van der Waals surface area contributed by atoms with Crippen LogP contribution in [0, 0.1) is 0 Å². The molecule has 9 N–H and O–H groups in total. The van der Waals surface area contributed by atoms with Crippen molar-refractivity contribution in [3.05, 3.63) is 0 Å². The maximum atomic E-state index is 12.9. The highest BCUT2D eigenvalue weighted by atomic mass is 16.7. The van der Waals surface area contributed by atoms with Gasteiger partial charge < -0.3 is 70.4 Å². The van der Waals surface area contributed by atoms with E-state index in [2.05, 4.69) is 16.0 Å². The van der Waals surface area contributed by atoms with Gasteiger partial charge in [-0.3, -0.25) is 19.2 Å². The lowest BCUT2D eigenvalue weighted by atomic mass is 10.0. The highest BCUT2D eigenvalue weighted by Crippen LogP contribution is 2.21. The number of carbonyl (C=O) groups excluding carboxylic acids is 4. The first kappa shape index (κ1) is 39.7. The van der Waals surface area contributed by atoms with Crippen LogP contribution in [0.1, 0.15) is 45.4 Å². The molecular weight excluding hydrogens is 616 g/mol. The summed E-state index contributed by atoms with van der Waals surface area (Å²) in [5, 5.41) is 66.5. The summed E-state index contributed by atoms with van der Waals surface area (Å²) in [4.78, 5) is 50.6. The van der Waals surface area contributed by atoms with Gasteiger partial charge in [-0.1, -0.05) is 0 Å². The number of hydrogen-bond acceptors (Lipinski definition) is 14. The topological polar surface area (TPSA) is 266 Å². The molecule has 18 nitrogen and oxygen atoms in total. The van der Waals surface area contributed by atoms with Gasteiger partial charge in [0.2, 0.25) is 23.6 Å². The minimum atomic E-state index is -1.47. The molecule has 2 aliphatic heterocycles. The lowest BCUT2D eigenvalue weighted by molar-refractivity contribution is -0.292. The molecule has 266 valence electrons. The molecule has 9 atom stereocenters. The van der Waals surface area contributed by atoms with E-state index in [-0.39, 0.29) is 83.5 Å².